The number of hydrogen-bond donors (Lipinski definition) is 2. The average Bonchev–Trinajstić information content (AvgIpc) is 2.46. The van der Waals surface area contributed by atoms with E-state index in [1.807, 2.05) is 54.6 Å². The summed E-state index contributed by atoms with van der Waals surface area (Å²) < 4.78 is 0. The Morgan fingerprint density at radius 1 is 1.10 bits per heavy atom. The summed E-state index contributed by atoms with van der Waals surface area (Å²) in [6, 6.07) is 17.2. The lowest BCUT2D eigenvalue weighted by Gasteiger charge is -2.08. The molecule has 0 saturated carbocycles. The molecule has 0 spiro atoms. The molecule has 0 atom stereocenters. The second-order valence-electron chi connectivity index (χ2n) is 4.16. The summed E-state index contributed by atoms with van der Waals surface area (Å²) in [6.45, 7) is 0. The minimum absolute atomic E-state index is 0.0547. The molecule has 2 N–H and O–H groups in total. The normalized spacial score (nSPS) is 10.1. The van der Waals surface area contributed by atoms with Gasteiger partial charge in [0.05, 0.1) is 11.4 Å². The maximum Gasteiger partial charge on any atom is 0.248 e. The van der Waals surface area contributed by atoms with E-state index >= 15 is 0 Å². The first-order chi connectivity index (χ1) is 9.74. The first-order valence-corrected chi connectivity index (χ1v) is 7.69. The fourth-order valence-corrected chi connectivity index (χ4v) is 2.58. The predicted octanol–water partition coefficient (Wildman–Crippen LogP) is 3.72. The van der Waals surface area contributed by atoms with Gasteiger partial charge >= 0.3 is 0 Å². The van der Waals surface area contributed by atoms with E-state index < -0.39 is 0 Å². The van der Waals surface area contributed by atoms with Gasteiger partial charge < -0.3 is 0 Å². The second-order valence-corrected chi connectivity index (χ2v) is 5.58. The van der Waals surface area contributed by atoms with E-state index in [1.54, 1.807) is 11.8 Å². The summed E-state index contributed by atoms with van der Waals surface area (Å²) in [4.78, 5) is 11.7. The zero-order chi connectivity index (χ0) is 14.2. The van der Waals surface area contributed by atoms with E-state index in [-0.39, 0.29) is 5.91 Å². The highest BCUT2D eigenvalue weighted by Crippen LogP contribution is 2.16. The fraction of sp³-hybridized carbons (Fsp3) is 0.133. The van der Waals surface area contributed by atoms with Crippen LogP contribution in [-0.4, -0.2) is 11.7 Å². The minimum atomic E-state index is -0.0547. The molecule has 20 heavy (non-hydrogen) atoms. The molecular weight excluding hydrogens is 292 g/mol. The first-order valence-electron chi connectivity index (χ1n) is 6.16. The molecule has 0 radical (unpaired) electrons. The quantitative estimate of drug-likeness (QED) is 0.799. The molecule has 2 rings (SSSR count). The van der Waals surface area contributed by atoms with Crippen LogP contribution in [-0.2, 0) is 10.5 Å². The third kappa shape index (κ3) is 5.15. The van der Waals surface area contributed by atoms with E-state index in [1.165, 1.54) is 0 Å². The van der Waals surface area contributed by atoms with Gasteiger partial charge in [-0.25, -0.2) is 0 Å². The van der Waals surface area contributed by atoms with Crippen LogP contribution in [0.5, 0.6) is 0 Å². The van der Waals surface area contributed by atoms with Crippen molar-refractivity contribution in [3.63, 3.8) is 0 Å². The van der Waals surface area contributed by atoms with Crippen LogP contribution in [0.1, 0.15) is 5.56 Å². The Bertz CT molecular complexity index is 563. The lowest BCUT2D eigenvalue weighted by atomic mass is 10.2. The van der Waals surface area contributed by atoms with E-state index in [9.17, 15) is 4.79 Å². The number of hydrazine groups is 1. The molecule has 2 aromatic rings. The van der Waals surface area contributed by atoms with Gasteiger partial charge in [0, 0.05) is 10.8 Å². The molecule has 2 aromatic carbocycles. The molecule has 0 unspecified atom stereocenters. The number of rotatable bonds is 6. The van der Waals surface area contributed by atoms with Gasteiger partial charge in [-0.15, -0.1) is 11.8 Å². The van der Waals surface area contributed by atoms with Gasteiger partial charge in [-0.3, -0.25) is 15.6 Å². The lowest BCUT2D eigenvalue weighted by Crippen LogP contribution is -2.30. The van der Waals surface area contributed by atoms with Crippen molar-refractivity contribution < 1.29 is 4.79 Å². The molecule has 0 fully saturated rings. The maximum absolute atomic E-state index is 11.7. The Labute approximate surface area is 127 Å². The molecular formula is C15H15ClN2OS. The molecule has 1 amide bonds. The van der Waals surface area contributed by atoms with Gasteiger partial charge in [0.1, 0.15) is 0 Å². The number of hydrogen-bond acceptors (Lipinski definition) is 3. The molecule has 0 aliphatic rings. The van der Waals surface area contributed by atoms with Crippen molar-refractivity contribution in [2.45, 2.75) is 5.75 Å². The van der Waals surface area contributed by atoms with Crippen molar-refractivity contribution >= 4 is 35.0 Å². The number of anilines is 1. The molecule has 0 bridgehead atoms. The van der Waals surface area contributed by atoms with Gasteiger partial charge in [-0.2, -0.15) is 0 Å². The van der Waals surface area contributed by atoms with Crippen molar-refractivity contribution in [3.8, 4) is 0 Å². The smallest absolute Gasteiger partial charge is 0.248 e. The zero-order valence-electron chi connectivity index (χ0n) is 10.8. The van der Waals surface area contributed by atoms with E-state index in [0.717, 1.165) is 22.0 Å². The maximum atomic E-state index is 11.7. The third-order valence-corrected chi connectivity index (χ3v) is 3.75. The van der Waals surface area contributed by atoms with E-state index in [0.29, 0.717) is 5.75 Å². The van der Waals surface area contributed by atoms with Crippen molar-refractivity contribution in [2.75, 3.05) is 11.2 Å². The van der Waals surface area contributed by atoms with Crippen LogP contribution >= 0.6 is 23.4 Å². The Kier molecular flexibility index (Phi) is 5.77. The molecule has 0 saturated heterocycles. The van der Waals surface area contributed by atoms with Crippen molar-refractivity contribution in [2.24, 2.45) is 0 Å². The van der Waals surface area contributed by atoms with Crippen LogP contribution < -0.4 is 10.9 Å². The SMILES string of the molecule is O=C(CSCc1cccc(Cl)c1)NNc1ccccc1. The summed E-state index contributed by atoms with van der Waals surface area (Å²) >= 11 is 7.45. The molecule has 0 heterocycles. The number of benzene rings is 2. The van der Waals surface area contributed by atoms with Gasteiger partial charge in [0.2, 0.25) is 5.91 Å². The average molecular weight is 307 g/mol. The van der Waals surface area contributed by atoms with Crippen LogP contribution in [0.2, 0.25) is 5.02 Å². The van der Waals surface area contributed by atoms with Crippen molar-refractivity contribution in [3.05, 3.63) is 65.2 Å². The van der Waals surface area contributed by atoms with Gasteiger partial charge in [-0.1, -0.05) is 41.9 Å². The van der Waals surface area contributed by atoms with Crippen LogP contribution in [0.25, 0.3) is 0 Å². The summed E-state index contributed by atoms with van der Waals surface area (Å²) in [5.41, 5.74) is 7.51. The Hall–Kier alpha value is -1.65. The molecule has 104 valence electrons. The lowest BCUT2D eigenvalue weighted by molar-refractivity contribution is -0.118. The van der Waals surface area contributed by atoms with Crippen molar-refractivity contribution in [1.82, 2.24) is 5.43 Å². The number of carbonyl (C=O) groups excluding carboxylic acids is 1. The second kappa shape index (κ2) is 7.82. The third-order valence-electron chi connectivity index (χ3n) is 2.51. The first kappa shape index (κ1) is 14.8. The van der Waals surface area contributed by atoms with Gasteiger partial charge in [0.25, 0.3) is 0 Å². The minimum Gasteiger partial charge on any atom is -0.299 e. The number of halogens is 1. The van der Waals surface area contributed by atoms with E-state index in [4.69, 9.17) is 11.6 Å². The highest BCUT2D eigenvalue weighted by molar-refractivity contribution is 7.99. The van der Waals surface area contributed by atoms with Crippen molar-refractivity contribution in [1.29, 1.82) is 0 Å². The number of thioether (sulfide) groups is 1. The number of amides is 1. The summed E-state index contributed by atoms with van der Waals surface area (Å²) in [7, 11) is 0. The monoisotopic (exact) mass is 306 g/mol. The van der Waals surface area contributed by atoms with Crippen LogP contribution in [0.4, 0.5) is 5.69 Å². The molecule has 3 nitrogen and oxygen atoms in total. The summed E-state index contributed by atoms with van der Waals surface area (Å²) in [5.74, 6) is 1.10. The zero-order valence-corrected chi connectivity index (χ0v) is 12.4. The molecule has 0 aliphatic heterocycles. The summed E-state index contributed by atoms with van der Waals surface area (Å²) in [5, 5.41) is 0.721. The number of para-hydroxylation sites is 1. The Morgan fingerprint density at radius 3 is 2.65 bits per heavy atom. The Balaban J connectivity index is 1.68. The predicted molar refractivity (Wildman–Crippen MR) is 85.8 cm³/mol. The number of carbonyl (C=O) groups is 1. The Morgan fingerprint density at radius 2 is 1.90 bits per heavy atom. The number of nitrogens with one attached hydrogen (secondary N) is 2. The van der Waals surface area contributed by atoms with Gasteiger partial charge in [0.15, 0.2) is 0 Å². The standard InChI is InChI=1S/C15H15ClN2OS/c16-13-6-4-5-12(9-13)10-20-11-15(19)18-17-14-7-2-1-3-8-14/h1-9,17H,10-11H2,(H,18,19). The topological polar surface area (TPSA) is 41.1 Å². The fourth-order valence-electron chi connectivity index (χ4n) is 1.59. The molecule has 0 aromatic heterocycles. The largest absolute Gasteiger partial charge is 0.299 e. The molecule has 5 heteroatoms. The highest BCUT2D eigenvalue weighted by atomic mass is 35.5. The molecule has 0 aliphatic carbocycles. The van der Waals surface area contributed by atoms with Crippen LogP contribution in [0.15, 0.2) is 54.6 Å². The highest BCUT2D eigenvalue weighted by Gasteiger charge is 2.02. The van der Waals surface area contributed by atoms with E-state index in [2.05, 4.69) is 10.9 Å². The van der Waals surface area contributed by atoms with Crippen LogP contribution in [0, 0.1) is 0 Å². The summed E-state index contributed by atoms with van der Waals surface area (Å²) in [6.07, 6.45) is 0. The van der Waals surface area contributed by atoms with Gasteiger partial charge in [-0.05, 0) is 29.8 Å². The van der Waals surface area contributed by atoms with Crippen LogP contribution in [0.3, 0.4) is 0 Å².